The lowest BCUT2D eigenvalue weighted by molar-refractivity contribution is -0.138. The van der Waals surface area contributed by atoms with Crippen molar-refractivity contribution in [2.24, 2.45) is 11.3 Å². The van der Waals surface area contributed by atoms with E-state index in [2.05, 4.69) is 6.92 Å². The molecule has 0 aromatic heterocycles. The summed E-state index contributed by atoms with van der Waals surface area (Å²) in [5, 5.41) is 9.07. The standard InChI is InChI=1S/C11H19NO2/c1-11(4-5-11)10(14)12-6-2-3-9(7-12)8-13/h9,13H,2-8H2,1H3. The molecule has 1 atom stereocenters. The molecule has 0 aromatic carbocycles. The first-order valence-corrected chi connectivity index (χ1v) is 5.56. The SMILES string of the molecule is CC1(C(=O)N2CCCC(CO)C2)CC1. The number of carbonyl (C=O) groups is 1. The Hall–Kier alpha value is -0.570. The highest BCUT2D eigenvalue weighted by atomic mass is 16.3. The third kappa shape index (κ3) is 1.78. The number of aliphatic hydroxyl groups excluding tert-OH is 1. The first-order valence-electron chi connectivity index (χ1n) is 5.56. The van der Waals surface area contributed by atoms with Crippen molar-refractivity contribution < 1.29 is 9.90 Å². The fraction of sp³-hybridized carbons (Fsp3) is 0.909. The summed E-state index contributed by atoms with van der Waals surface area (Å²) < 4.78 is 0. The van der Waals surface area contributed by atoms with Crippen LogP contribution in [-0.4, -0.2) is 35.6 Å². The van der Waals surface area contributed by atoms with Gasteiger partial charge in [-0.3, -0.25) is 4.79 Å². The summed E-state index contributed by atoms with van der Waals surface area (Å²) in [5.74, 6) is 0.630. The summed E-state index contributed by atoms with van der Waals surface area (Å²) in [6, 6.07) is 0. The lowest BCUT2D eigenvalue weighted by Crippen LogP contribution is -2.43. The van der Waals surface area contributed by atoms with Crippen LogP contribution in [0.4, 0.5) is 0 Å². The van der Waals surface area contributed by atoms with Gasteiger partial charge in [-0.25, -0.2) is 0 Å². The molecule has 0 spiro atoms. The first-order chi connectivity index (χ1) is 6.65. The maximum absolute atomic E-state index is 12.0. The second-order valence-electron chi connectivity index (χ2n) is 5.00. The van der Waals surface area contributed by atoms with Crippen LogP contribution >= 0.6 is 0 Å². The summed E-state index contributed by atoms with van der Waals surface area (Å²) in [6.07, 6.45) is 4.21. The Morgan fingerprint density at radius 3 is 2.86 bits per heavy atom. The number of aliphatic hydroxyl groups is 1. The molecule has 1 aliphatic carbocycles. The number of likely N-dealkylation sites (tertiary alicyclic amines) is 1. The van der Waals surface area contributed by atoms with Crippen LogP contribution < -0.4 is 0 Å². The van der Waals surface area contributed by atoms with Crippen molar-refractivity contribution in [2.75, 3.05) is 19.7 Å². The summed E-state index contributed by atoms with van der Waals surface area (Å²) in [4.78, 5) is 13.9. The fourth-order valence-electron chi connectivity index (χ4n) is 2.18. The molecule has 1 unspecified atom stereocenters. The fourth-order valence-corrected chi connectivity index (χ4v) is 2.18. The van der Waals surface area contributed by atoms with Crippen LogP contribution in [0.25, 0.3) is 0 Å². The van der Waals surface area contributed by atoms with Gasteiger partial charge in [-0.15, -0.1) is 0 Å². The van der Waals surface area contributed by atoms with Crippen molar-refractivity contribution in [1.82, 2.24) is 4.90 Å². The van der Waals surface area contributed by atoms with Gasteiger partial charge in [0.1, 0.15) is 0 Å². The van der Waals surface area contributed by atoms with Crippen molar-refractivity contribution in [3.8, 4) is 0 Å². The van der Waals surface area contributed by atoms with Gasteiger partial charge in [-0.05, 0) is 31.6 Å². The normalized spacial score (nSPS) is 30.1. The minimum absolute atomic E-state index is 0.0443. The van der Waals surface area contributed by atoms with Crippen molar-refractivity contribution in [1.29, 1.82) is 0 Å². The van der Waals surface area contributed by atoms with Gasteiger partial charge in [0.05, 0.1) is 0 Å². The van der Waals surface area contributed by atoms with Crippen LogP contribution in [0, 0.1) is 11.3 Å². The van der Waals surface area contributed by atoms with E-state index in [0.717, 1.165) is 38.8 Å². The molecule has 3 heteroatoms. The number of hydrogen-bond acceptors (Lipinski definition) is 2. The number of piperidine rings is 1. The predicted molar refractivity (Wildman–Crippen MR) is 53.7 cm³/mol. The van der Waals surface area contributed by atoms with Gasteiger partial charge in [0.2, 0.25) is 5.91 Å². The average molecular weight is 197 g/mol. The summed E-state index contributed by atoms with van der Waals surface area (Å²) in [6.45, 7) is 3.94. The largest absolute Gasteiger partial charge is 0.396 e. The number of carbonyl (C=O) groups excluding carboxylic acids is 1. The summed E-state index contributed by atoms with van der Waals surface area (Å²) >= 11 is 0. The molecule has 3 nitrogen and oxygen atoms in total. The lowest BCUT2D eigenvalue weighted by atomic mass is 9.97. The van der Waals surface area contributed by atoms with Crippen LogP contribution in [0.5, 0.6) is 0 Å². The zero-order chi connectivity index (χ0) is 10.2. The van der Waals surface area contributed by atoms with E-state index in [9.17, 15) is 4.79 Å². The molecule has 80 valence electrons. The molecule has 0 bridgehead atoms. The molecule has 1 heterocycles. The Morgan fingerprint density at radius 1 is 1.57 bits per heavy atom. The van der Waals surface area contributed by atoms with E-state index in [1.54, 1.807) is 0 Å². The molecule has 1 saturated heterocycles. The highest BCUT2D eigenvalue weighted by Gasteiger charge is 2.47. The van der Waals surface area contributed by atoms with Gasteiger partial charge in [0.25, 0.3) is 0 Å². The topological polar surface area (TPSA) is 40.5 Å². The van der Waals surface area contributed by atoms with Gasteiger partial charge in [-0.1, -0.05) is 6.92 Å². The van der Waals surface area contributed by atoms with Gasteiger partial charge in [0.15, 0.2) is 0 Å². The number of nitrogens with zero attached hydrogens (tertiary/aromatic N) is 1. The van der Waals surface area contributed by atoms with Crippen LogP contribution in [-0.2, 0) is 4.79 Å². The van der Waals surface area contributed by atoms with E-state index in [1.807, 2.05) is 4.90 Å². The Morgan fingerprint density at radius 2 is 2.29 bits per heavy atom. The van der Waals surface area contributed by atoms with Crippen LogP contribution in [0.1, 0.15) is 32.6 Å². The molecular weight excluding hydrogens is 178 g/mol. The third-order valence-electron chi connectivity index (χ3n) is 3.58. The molecule has 1 aliphatic heterocycles. The van der Waals surface area contributed by atoms with E-state index in [4.69, 9.17) is 5.11 Å². The van der Waals surface area contributed by atoms with E-state index >= 15 is 0 Å². The number of rotatable bonds is 2. The van der Waals surface area contributed by atoms with Gasteiger partial charge in [-0.2, -0.15) is 0 Å². The Bertz CT molecular complexity index is 235. The van der Waals surface area contributed by atoms with E-state index in [1.165, 1.54) is 0 Å². The molecule has 2 fully saturated rings. The summed E-state index contributed by atoms with van der Waals surface area (Å²) in [5.41, 5.74) is -0.0443. The van der Waals surface area contributed by atoms with Crippen LogP contribution in [0.3, 0.4) is 0 Å². The van der Waals surface area contributed by atoms with Crippen LogP contribution in [0.2, 0.25) is 0 Å². The Balaban J connectivity index is 1.93. The molecule has 1 N–H and O–H groups in total. The monoisotopic (exact) mass is 197 g/mol. The molecular formula is C11H19NO2. The first kappa shape index (κ1) is 9.97. The molecule has 1 saturated carbocycles. The predicted octanol–water partition coefficient (Wildman–Crippen LogP) is 1.02. The lowest BCUT2D eigenvalue weighted by Gasteiger charge is -2.33. The summed E-state index contributed by atoms with van der Waals surface area (Å²) in [7, 11) is 0. The maximum Gasteiger partial charge on any atom is 0.228 e. The van der Waals surface area contributed by atoms with Gasteiger partial charge < -0.3 is 10.0 Å². The Labute approximate surface area is 85.1 Å². The van der Waals surface area contributed by atoms with Crippen LogP contribution in [0.15, 0.2) is 0 Å². The van der Waals surface area contributed by atoms with E-state index in [-0.39, 0.29) is 12.0 Å². The smallest absolute Gasteiger partial charge is 0.228 e. The van der Waals surface area contributed by atoms with Crippen molar-refractivity contribution in [2.45, 2.75) is 32.6 Å². The molecule has 2 aliphatic rings. The zero-order valence-electron chi connectivity index (χ0n) is 8.83. The third-order valence-corrected chi connectivity index (χ3v) is 3.58. The highest BCUT2D eigenvalue weighted by molar-refractivity contribution is 5.85. The molecule has 14 heavy (non-hydrogen) atoms. The maximum atomic E-state index is 12.0. The second kappa shape index (κ2) is 3.54. The van der Waals surface area contributed by atoms with Crippen molar-refractivity contribution in [3.05, 3.63) is 0 Å². The number of amides is 1. The zero-order valence-corrected chi connectivity index (χ0v) is 8.83. The molecule has 2 rings (SSSR count). The van der Waals surface area contributed by atoms with E-state index < -0.39 is 0 Å². The molecule has 0 radical (unpaired) electrons. The Kier molecular flexibility index (Phi) is 2.52. The highest BCUT2D eigenvalue weighted by Crippen LogP contribution is 2.46. The molecule has 0 aromatic rings. The van der Waals surface area contributed by atoms with Crippen molar-refractivity contribution >= 4 is 5.91 Å². The van der Waals surface area contributed by atoms with Gasteiger partial charge >= 0.3 is 0 Å². The minimum atomic E-state index is -0.0443. The number of hydrogen-bond donors (Lipinski definition) is 1. The quantitative estimate of drug-likeness (QED) is 0.718. The van der Waals surface area contributed by atoms with E-state index in [0.29, 0.717) is 11.8 Å². The van der Waals surface area contributed by atoms with Gasteiger partial charge in [0, 0.05) is 25.1 Å². The molecule has 1 amide bonds. The minimum Gasteiger partial charge on any atom is -0.396 e. The second-order valence-corrected chi connectivity index (χ2v) is 5.00. The van der Waals surface area contributed by atoms with Crippen molar-refractivity contribution in [3.63, 3.8) is 0 Å². The average Bonchev–Trinajstić information content (AvgIpc) is 2.97.